The number of nitrogens with one attached hydrogen (secondary N) is 2. The van der Waals surface area contributed by atoms with Gasteiger partial charge in [0.15, 0.2) is 0 Å². The largest absolute Gasteiger partial charge is 0.320 e. The first-order valence-corrected chi connectivity index (χ1v) is 9.19. The van der Waals surface area contributed by atoms with Crippen molar-refractivity contribution in [1.82, 2.24) is 15.2 Å². The number of fused-ring (bicyclic) bond motifs is 1. The highest BCUT2D eigenvalue weighted by atomic mass is 32.1. The summed E-state index contributed by atoms with van der Waals surface area (Å²) >= 11 is 1.44. The summed E-state index contributed by atoms with van der Waals surface area (Å²) in [5, 5.41) is 22.3. The van der Waals surface area contributed by atoms with Crippen LogP contribution in [0.25, 0.3) is 22.0 Å². The van der Waals surface area contributed by atoms with E-state index in [9.17, 15) is 4.79 Å². The highest BCUT2D eigenvalue weighted by Gasteiger charge is 2.14. The molecule has 27 heavy (non-hydrogen) atoms. The molecule has 0 aliphatic carbocycles. The molecule has 0 unspecified atom stereocenters. The fourth-order valence-corrected chi connectivity index (χ4v) is 3.52. The molecule has 4 aromatic rings. The third-order valence-corrected chi connectivity index (χ3v) is 4.98. The van der Waals surface area contributed by atoms with E-state index in [0.717, 1.165) is 32.6 Å². The van der Waals surface area contributed by atoms with Crippen molar-refractivity contribution < 1.29 is 4.79 Å². The van der Waals surface area contributed by atoms with Gasteiger partial charge >= 0.3 is 0 Å². The molecule has 0 saturated heterocycles. The highest BCUT2D eigenvalue weighted by Crippen LogP contribution is 2.31. The van der Waals surface area contributed by atoms with Gasteiger partial charge in [-0.3, -0.25) is 9.89 Å². The van der Waals surface area contributed by atoms with Crippen molar-refractivity contribution in [1.29, 1.82) is 5.26 Å². The van der Waals surface area contributed by atoms with E-state index in [4.69, 9.17) is 5.26 Å². The lowest BCUT2D eigenvalue weighted by Crippen LogP contribution is -2.12. The number of anilines is 1. The fourth-order valence-electron chi connectivity index (χ4n) is 2.93. The van der Waals surface area contributed by atoms with Crippen molar-refractivity contribution in [3.05, 3.63) is 64.2 Å². The van der Waals surface area contributed by atoms with Gasteiger partial charge in [0.05, 0.1) is 34.9 Å². The Morgan fingerprint density at radius 2 is 2.19 bits per heavy atom. The molecular weight excluding hydrogens is 358 g/mol. The zero-order valence-electron chi connectivity index (χ0n) is 14.5. The molecular formula is C20H15N5OS. The standard InChI is InChI=1S/C20H15N5OS/c1-12-23-19(11-27-12)20(26)24-17-8-15(9-18-16(17)10-22-25-18)14-4-2-3-13(7-14)5-6-21/h2-4,7-11H,5H2,1H3,(H,22,25)(H,24,26). The zero-order valence-corrected chi connectivity index (χ0v) is 15.3. The first kappa shape index (κ1) is 16.9. The minimum atomic E-state index is -0.253. The van der Waals surface area contributed by atoms with Crippen molar-refractivity contribution >= 4 is 33.8 Å². The van der Waals surface area contributed by atoms with Crippen LogP contribution in [-0.2, 0) is 6.42 Å². The van der Waals surface area contributed by atoms with E-state index in [-0.39, 0.29) is 5.91 Å². The second kappa shape index (κ2) is 7.02. The van der Waals surface area contributed by atoms with Crippen molar-refractivity contribution in [2.45, 2.75) is 13.3 Å². The highest BCUT2D eigenvalue weighted by molar-refractivity contribution is 7.09. The summed E-state index contributed by atoms with van der Waals surface area (Å²) < 4.78 is 0. The van der Waals surface area contributed by atoms with E-state index in [2.05, 4.69) is 26.6 Å². The molecule has 2 N–H and O–H groups in total. The summed E-state index contributed by atoms with van der Waals surface area (Å²) in [6.07, 6.45) is 2.04. The summed E-state index contributed by atoms with van der Waals surface area (Å²) in [6, 6.07) is 13.9. The number of rotatable bonds is 4. The Bertz CT molecular complexity index is 1180. The third kappa shape index (κ3) is 3.43. The van der Waals surface area contributed by atoms with Crippen LogP contribution in [0.5, 0.6) is 0 Å². The van der Waals surface area contributed by atoms with Crippen LogP contribution >= 0.6 is 11.3 Å². The van der Waals surface area contributed by atoms with Gasteiger partial charge in [0.25, 0.3) is 5.91 Å². The van der Waals surface area contributed by atoms with E-state index in [0.29, 0.717) is 17.8 Å². The van der Waals surface area contributed by atoms with Gasteiger partial charge in [-0.1, -0.05) is 24.3 Å². The molecule has 6 nitrogen and oxygen atoms in total. The van der Waals surface area contributed by atoms with Crippen LogP contribution in [0.15, 0.2) is 48.0 Å². The first-order valence-electron chi connectivity index (χ1n) is 8.31. The molecule has 4 rings (SSSR count). The minimum absolute atomic E-state index is 0.253. The molecule has 0 radical (unpaired) electrons. The van der Waals surface area contributed by atoms with E-state index in [1.165, 1.54) is 11.3 Å². The SMILES string of the molecule is Cc1nc(C(=O)Nc2cc(-c3cccc(CC#N)c3)cc3[nH]ncc23)cs1. The van der Waals surface area contributed by atoms with Gasteiger partial charge in [-0.05, 0) is 35.7 Å². The lowest BCUT2D eigenvalue weighted by atomic mass is 10.00. The Morgan fingerprint density at radius 1 is 1.30 bits per heavy atom. The van der Waals surface area contributed by atoms with E-state index >= 15 is 0 Å². The van der Waals surface area contributed by atoms with Crippen LogP contribution in [0.4, 0.5) is 5.69 Å². The number of aromatic amines is 1. The Balaban J connectivity index is 1.75. The summed E-state index contributed by atoms with van der Waals surface area (Å²) in [7, 11) is 0. The third-order valence-electron chi connectivity index (χ3n) is 4.20. The molecule has 0 atom stereocenters. The molecule has 0 fully saturated rings. The molecule has 0 bridgehead atoms. The number of H-pyrrole nitrogens is 1. The quantitative estimate of drug-likeness (QED) is 0.557. The van der Waals surface area contributed by atoms with E-state index in [1.54, 1.807) is 11.6 Å². The van der Waals surface area contributed by atoms with Crippen LogP contribution in [0.3, 0.4) is 0 Å². The van der Waals surface area contributed by atoms with Gasteiger partial charge in [0.1, 0.15) is 5.69 Å². The average molecular weight is 373 g/mol. The summed E-state index contributed by atoms with van der Waals surface area (Å²) in [6.45, 7) is 1.87. The number of hydrogen-bond donors (Lipinski definition) is 2. The number of hydrogen-bond acceptors (Lipinski definition) is 5. The van der Waals surface area contributed by atoms with Crippen molar-refractivity contribution in [3.8, 4) is 17.2 Å². The first-order chi connectivity index (χ1) is 13.1. The van der Waals surface area contributed by atoms with Gasteiger partial charge in [-0.2, -0.15) is 10.4 Å². The van der Waals surface area contributed by atoms with Gasteiger partial charge in [0, 0.05) is 10.8 Å². The van der Waals surface area contributed by atoms with Crippen molar-refractivity contribution in [3.63, 3.8) is 0 Å². The predicted molar refractivity (Wildman–Crippen MR) is 106 cm³/mol. The molecule has 2 aromatic carbocycles. The number of carbonyl (C=O) groups excluding carboxylic acids is 1. The number of carbonyl (C=O) groups is 1. The number of amides is 1. The number of nitriles is 1. The monoisotopic (exact) mass is 373 g/mol. The second-order valence-corrected chi connectivity index (χ2v) is 7.16. The van der Waals surface area contributed by atoms with Crippen molar-refractivity contribution in [2.24, 2.45) is 0 Å². The van der Waals surface area contributed by atoms with Gasteiger partial charge in [-0.25, -0.2) is 4.98 Å². The Morgan fingerprint density at radius 3 is 2.96 bits per heavy atom. The number of aromatic nitrogens is 3. The molecule has 7 heteroatoms. The zero-order chi connectivity index (χ0) is 18.8. The minimum Gasteiger partial charge on any atom is -0.320 e. The summed E-state index contributed by atoms with van der Waals surface area (Å²) in [4.78, 5) is 16.8. The van der Waals surface area contributed by atoms with Gasteiger partial charge in [-0.15, -0.1) is 11.3 Å². The van der Waals surface area contributed by atoms with Gasteiger partial charge < -0.3 is 5.32 Å². The lowest BCUT2D eigenvalue weighted by Gasteiger charge is -2.09. The molecule has 2 aromatic heterocycles. The van der Waals surface area contributed by atoms with Crippen LogP contribution in [0.1, 0.15) is 21.1 Å². The Labute approximate surface area is 159 Å². The maximum Gasteiger partial charge on any atom is 0.275 e. The fraction of sp³-hybridized carbons (Fsp3) is 0.100. The molecule has 2 heterocycles. The maximum absolute atomic E-state index is 12.5. The lowest BCUT2D eigenvalue weighted by molar-refractivity contribution is 0.102. The van der Waals surface area contributed by atoms with Crippen LogP contribution < -0.4 is 5.32 Å². The summed E-state index contributed by atoms with van der Waals surface area (Å²) in [5.74, 6) is -0.253. The predicted octanol–water partition coefficient (Wildman–Crippen LogP) is 4.31. The second-order valence-electron chi connectivity index (χ2n) is 6.10. The van der Waals surface area contributed by atoms with E-state index < -0.39 is 0 Å². The topological polar surface area (TPSA) is 94.5 Å². The molecule has 0 aliphatic rings. The molecule has 1 amide bonds. The maximum atomic E-state index is 12.5. The number of benzene rings is 2. The number of aryl methyl sites for hydroxylation is 1. The average Bonchev–Trinajstić information content (AvgIpc) is 3.31. The van der Waals surface area contributed by atoms with Crippen LogP contribution in [-0.4, -0.2) is 21.1 Å². The number of thiazole rings is 1. The summed E-state index contributed by atoms with van der Waals surface area (Å²) in [5.41, 5.74) is 4.73. The molecule has 0 aliphatic heterocycles. The smallest absolute Gasteiger partial charge is 0.275 e. The molecule has 0 saturated carbocycles. The molecule has 132 valence electrons. The van der Waals surface area contributed by atoms with Crippen LogP contribution in [0, 0.1) is 18.3 Å². The number of nitrogens with zero attached hydrogens (tertiary/aromatic N) is 3. The van der Waals surface area contributed by atoms with Crippen molar-refractivity contribution in [2.75, 3.05) is 5.32 Å². The molecule has 0 spiro atoms. The van der Waals surface area contributed by atoms with Gasteiger partial charge in [0.2, 0.25) is 0 Å². The normalized spacial score (nSPS) is 10.7. The van der Waals surface area contributed by atoms with Crippen LogP contribution in [0.2, 0.25) is 0 Å². The Kier molecular flexibility index (Phi) is 4.40. The Hall–Kier alpha value is -3.50. The van der Waals surface area contributed by atoms with E-state index in [1.807, 2.05) is 43.3 Å².